The average Bonchev–Trinajstić information content (AvgIpc) is 3.15. The van der Waals surface area contributed by atoms with Crippen LogP contribution in [0, 0.1) is 0 Å². The van der Waals surface area contributed by atoms with E-state index < -0.39 is 23.5 Å². The van der Waals surface area contributed by atoms with Crippen LogP contribution in [0.25, 0.3) is 0 Å². The van der Waals surface area contributed by atoms with E-state index in [-0.39, 0.29) is 11.7 Å². The van der Waals surface area contributed by atoms with Crippen molar-refractivity contribution < 1.29 is 19.1 Å². The summed E-state index contributed by atoms with van der Waals surface area (Å²) in [6.07, 6.45) is -0.993. The molecular formula is C20H22N2O4S2. The van der Waals surface area contributed by atoms with Crippen LogP contribution in [0.4, 0.5) is 11.4 Å². The third-order valence-electron chi connectivity index (χ3n) is 4.43. The van der Waals surface area contributed by atoms with Gasteiger partial charge in [-0.1, -0.05) is 18.2 Å². The number of nitrogens with one attached hydrogen (secondary N) is 1. The second-order valence-corrected chi connectivity index (χ2v) is 8.93. The molecule has 1 aliphatic rings. The van der Waals surface area contributed by atoms with Crippen molar-refractivity contribution in [3.05, 3.63) is 46.7 Å². The van der Waals surface area contributed by atoms with E-state index in [0.29, 0.717) is 11.4 Å². The molecule has 0 saturated carbocycles. The van der Waals surface area contributed by atoms with Gasteiger partial charge in [-0.3, -0.25) is 19.3 Å². The van der Waals surface area contributed by atoms with Gasteiger partial charge in [-0.2, -0.15) is 0 Å². The first-order valence-corrected chi connectivity index (χ1v) is 10.9. The number of hydrogen-bond acceptors (Lipinski definition) is 6. The van der Waals surface area contributed by atoms with Crippen molar-refractivity contribution in [1.29, 1.82) is 0 Å². The number of fused-ring (bicyclic) bond motifs is 1. The van der Waals surface area contributed by atoms with Crippen molar-refractivity contribution in [3.8, 4) is 0 Å². The van der Waals surface area contributed by atoms with E-state index in [0.717, 1.165) is 5.75 Å². The fraction of sp³-hybridized carbons (Fsp3) is 0.350. The van der Waals surface area contributed by atoms with Crippen LogP contribution in [-0.2, 0) is 24.9 Å². The lowest BCUT2D eigenvalue weighted by atomic mass is 9.95. The number of nitrogens with zero attached hydrogens (tertiary/aromatic N) is 1. The Balaban J connectivity index is 1.66. The normalized spacial score (nSPS) is 16.1. The fourth-order valence-electron chi connectivity index (χ4n) is 2.94. The van der Waals surface area contributed by atoms with Crippen molar-refractivity contribution >= 4 is 52.3 Å². The standard InChI is InChI=1S/C20H22N2O4S2/c1-13(26-17(23)12-27-11-14-7-6-10-28-14)18(24)22-16-9-5-4-8-15(16)21-19(25)20(22,2)3/h4-10,13H,11-12H2,1-3H3,(H,21,25)/t13-/m1/s1. The van der Waals surface area contributed by atoms with Gasteiger partial charge < -0.3 is 10.1 Å². The van der Waals surface area contributed by atoms with Crippen molar-refractivity contribution in [1.82, 2.24) is 0 Å². The van der Waals surface area contributed by atoms with Gasteiger partial charge in [0.1, 0.15) is 5.54 Å². The number of carbonyl (C=O) groups is 3. The molecule has 2 heterocycles. The largest absolute Gasteiger partial charge is 0.452 e. The third-order valence-corrected chi connectivity index (χ3v) is 6.44. The maximum absolute atomic E-state index is 13.1. The monoisotopic (exact) mass is 418 g/mol. The molecule has 1 N–H and O–H groups in total. The number of thioether (sulfide) groups is 1. The van der Waals surface area contributed by atoms with E-state index in [1.54, 1.807) is 49.4 Å². The Morgan fingerprint density at radius 2 is 2.00 bits per heavy atom. The summed E-state index contributed by atoms with van der Waals surface area (Å²) in [6.45, 7) is 4.87. The number of ether oxygens (including phenoxy) is 1. The number of para-hydroxylation sites is 2. The van der Waals surface area contributed by atoms with Crippen LogP contribution in [0.5, 0.6) is 0 Å². The zero-order chi connectivity index (χ0) is 20.3. The predicted molar refractivity (Wildman–Crippen MR) is 113 cm³/mol. The number of amides is 2. The lowest BCUT2D eigenvalue weighted by Gasteiger charge is -2.42. The molecular weight excluding hydrogens is 396 g/mol. The summed E-state index contributed by atoms with van der Waals surface area (Å²) < 4.78 is 5.35. The molecule has 1 atom stereocenters. The summed E-state index contributed by atoms with van der Waals surface area (Å²) in [5.74, 6) is -0.277. The van der Waals surface area contributed by atoms with Crippen LogP contribution in [0.15, 0.2) is 41.8 Å². The SMILES string of the molecule is C[C@@H](OC(=O)CSCc1cccs1)C(=O)N1c2ccccc2NC(=O)C1(C)C. The number of rotatable bonds is 6. The lowest BCUT2D eigenvalue weighted by molar-refractivity contribution is -0.151. The Labute approximate surface area is 172 Å². The zero-order valence-corrected chi connectivity index (χ0v) is 17.6. The zero-order valence-electron chi connectivity index (χ0n) is 15.9. The minimum Gasteiger partial charge on any atom is -0.452 e. The number of hydrogen-bond donors (Lipinski definition) is 1. The molecule has 1 aliphatic heterocycles. The van der Waals surface area contributed by atoms with E-state index >= 15 is 0 Å². The second-order valence-electron chi connectivity index (χ2n) is 6.91. The smallest absolute Gasteiger partial charge is 0.316 e. The van der Waals surface area contributed by atoms with Gasteiger partial charge in [0.25, 0.3) is 5.91 Å². The van der Waals surface area contributed by atoms with E-state index in [9.17, 15) is 14.4 Å². The number of carbonyl (C=O) groups excluding carboxylic acids is 3. The molecule has 1 aromatic carbocycles. The molecule has 3 rings (SSSR count). The Morgan fingerprint density at radius 3 is 2.71 bits per heavy atom. The molecule has 0 saturated heterocycles. The van der Waals surface area contributed by atoms with E-state index in [1.165, 1.54) is 28.5 Å². The highest BCUT2D eigenvalue weighted by Gasteiger charge is 2.45. The summed E-state index contributed by atoms with van der Waals surface area (Å²) in [5, 5.41) is 4.80. The number of thiophene rings is 1. The molecule has 0 bridgehead atoms. The van der Waals surface area contributed by atoms with Gasteiger partial charge in [0, 0.05) is 10.6 Å². The van der Waals surface area contributed by atoms with E-state index in [2.05, 4.69) is 5.32 Å². The van der Waals surface area contributed by atoms with Crippen LogP contribution in [0.1, 0.15) is 25.6 Å². The van der Waals surface area contributed by atoms with Crippen LogP contribution >= 0.6 is 23.1 Å². The molecule has 0 radical (unpaired) electrons. The van der Waals surface area contributed by atoms with Crippen LogP contribution in [-0.4, -0.2) is 35.2 Å². The lowest BCUT2D eigenvalue weighted by Crippen LogP contribution is -2.60. The Hall–Kier alpha value is -2.32. The van der Waals surface area contributed by atoms with E-state index in [4.69, 9.17) is 4.74 Å². The number of esters is 1. The summed E-state index contributed by atoms with van der Waals surface area (Å²) in [6, 6.07) is 11.1. The number of anilines is 2. The van der Waals surface area contributed by atoms with Gasteiger partial charge in [0.2, 0.25) is 5.91 Å². The molecule has 2 amide bonds. The fourth-order valence-corrected chi connectivity index (χ4v) is 4.58. The van der Waals surface area contributed by atoms with Gasteiger partial charge in [0.15, 0.2) is 6.10 Å². The minimum atomic E-state index is -1.10. The molecule has 6 nitrogen and oxygen atoms in total. The summed E-state index contributed by atoms with van der Waals surface area (Å²) in [5.41, 5.74) is 0.0531. The van der Waals surface area contributed by atoms with Crippen molar-refractivity contribution in [2.45, 2.75) is 38.2 Å². The molecule has 148 valence electrons. The average molecular weight is 419 g/mol. The topological polar surface area (TPSA) is 75.7 Å². The van der Waals surface area contributed by atoms with Crippen molar-refractivity contribution in [2.75, 3.05) is 16.0 Å². The van der Waals surface area contributed by atoms with Crippen LogP contribution < -0.4 is 10.2 Å². The maximum atomic E-state index is 13.1. The minimum absolute atomic E-state index is 0.163. The molecule has 1 aromatic heterocycles. The van der Waals surface area contributed by atoms with Gasteiger partial charge in [-0.25, -0.2) is 0 Å². The molecule has 0 fully saturated rings. The van der Waals surface area contributed by atoms with E-state index in [1.807, 2.05) is 17.5 Å². The van der Waals surface area contributed by atoms with Gasteiger partial charge >= 0.3 is 5.97 Å². The number of benzene rings is 1. The Kier molecular flexibility index (Phi) is 6.10. The highest BCUT2D eigenvalue weighted by atomic mass is 32.2. The Bertz CT molecular complexity index is 880. The van der Waals surface area contributed by atoms with Crippen molar-refractivity contribution in [3.63, 3.8) is 0 Å². The molecule has 8 heteroatoms. The molecule has 28 heavy (non-hydrogen) atoms. The summed E-state index contributed by atoms with van der Waals surface area (Å²) in [7, 11) is 0. The summed E-state index contributed by atoms with van der Waals surface area (Å²) >= 11 is 3.08. The third kappa shape index (κ3) is 4.23. The van der Waals surface area contributed by atoms with Gasteiger partial charge in [-0.15, -0.1) is 23.1 Å². The maximum Gasteiger partial charge on any atom is 0.316 e. The Morgan fingerprint density at radius 1 is 1.25 bits per heavy atom. The molecule has 2 aromatic rings. The van der Waals surface area contributed by atoms with Gasteiger partial charge in [-0.05, 0) is 44.4 Å². The molecule has 0 unspecified atom stereocenters. The first kappa shape index (κ1) is 20.4. The highest BCUT2D eigenvalue weighted by molar-refractivity contribution is 7.99. The van der Waals surface area contributed by atoms with Crippen LogP contribution in [0.2, 0.25) is 0 Å². The van der Waals surface area contributed by atoms with Crippen molar-refractivity contribution in [2.24, 2.45) is 0 Å². The highest BCUT2D eigenvalue weighted by Crippen LogP contribution is 2.37. The molecule has 0 spiro atoms. The first-order chi connectivity index (χ1) is 13.3. The quantitative estimate of drug-likeness (QED) is 0.725. The van der Waals surface area contributed by atoms with Crippen LogP contribution in [0.3, 0.4) is 0 Å². The summed E-state index contributed by atoms with van der Waals surface area (Å²) in [4.78, 5) is 40.3. The molecule has 0 aliphatic carbocycles. The first-order valence-electron chi connectivity index (χ1n) is 8.85. The second kappa shape index (κ2) is 8.36. The van der Waals surface area contributed by atoms with Gasteiger partial charge in [0.05, 0.1) is 17.1 Å². The predicted octanol–water partition coefficient (Wildman–Crippen LogP) is 3.68.